The highest BCUT2D eigenvalue weighted by molar-refractivity contribution is 6.33. The van der Waals surface area contributed by atoms with Crippen LogP contribution in [0.4, 0.5) is 13.2 Å². The van der Waals surface area contributed by atoms with Gasteiger partial charge in [0, 0.05) is 13.1 Å². The predicted molar refractivity (Wildman–Crippen MR) is 96.9 cm³/mol. The van der Waals surface area contributed by atoms with Gasteiger partial charge in [-0.15, -0.1) is 0 Å². The summed E-state index contributed by atoms with van der Waals surface area (Å²) in [6, 6.07) is 7.83. The minimum absolute atomic E-state index is 0.0483. The number of carbonyl (C=O) groups is 1. The van der Waals surface area contributed by atoms with E-state index in [9.17, 15) is 18.0 Å². The van der Waals surface area contributed by atoms with Gasteiger partial charge in [0.1, 0.15) is 5.15 Å². The van der Waals surface area contributed by atoms with Crippen molar-refractivity contribution in [2.75, 3.05) is 13.1 Å². The van der Waals surface area contributed by atoms with Gasteiger partial charge >= 0.3 is 6.18 Å². The lowest BCUT2D eigenvalue weighted by molar-refractivity contribution is -0.184. The summed E-state index contributed by atoms with van der Waals surface area (Å²) in [7, 11) is 0. The number of nitrogens with zero attached hydrogens (tertiary/aromatic N) is 3. The first-order valence-corrected chi connectivity index (χ1v) is 9.19. The van der Waals surface area contributed by atoms with Crippen LogP contribution in [0.5, 0.6) is 0 Å². The van der Waals surface area contributed by atoms with Gasteiger partial charge in [-0.1, -0.05) is 41.4 Å². The van der Waals surface area contributed by atoms with Gasteiger partial charge < -0.3 is 4.90 Å². The van der Waals surface area contributed by atoms with Crippen LogP contribution in [-0.4, -0.2) is 39.9 Å². The van der Waals surface area contributed by atoms with E-state index in [1.807, 2.05) is 31.2 Å². The summed E-state index contributed by atoms with van der Waals surface area (Å²) in [4.78, 5) is 14.1. The number of amides is 1. The van der Waals surface area contributed by atoms with Crippen LogP contribution in [0.3, 0.4) is 0 Å². The van der Waals surface area contributed by atoms with Gasteiger partial charge in [0.15, 0.2) is 0 Å². The zero-order chi connectivity index (χ0) is 19.8. The van der Waals surface area contributed by atoms with E-state index in [0.29, 0.717) is 25.2 Å². The maximum Gasteiger partial charge on any atom is 0.393 e. The van der Waals surface area contributed by atoms with Crippen molar-refractivity contribution < 1.29 is 18.0 Å². The predicted octanol–water partition coefficient (Wildman–Crippen LogP) is 4.62. The molecule has 1 atom stereocenters. The Morgan fingerprint density at radius 2 is 1.93 bits per heavy atom. The lowest BCUT2D eigenvalue weighted by atomic mass is 9.97. The van der Waals surface area contributed by atoms with Gasteiger partial charge in [0.05, 0.1) is 23.7 Å². The van der Waals surface area contributed by atoms with Crippen molar-refractivity contribution in [2.24, 2.45) is 5.92 Å². The number of likely N-dealkylation sites (tertiary alicyclic amines) is 1. The van der Waals surface area contributed by atoms with Gasteiger partial charge in [-0.25, -0.2) is 4.68 Å². The SMILES string of the molecule is Cc1ccc(Cn2nc(C)c(C(=O)N3CCCC(C(F)(F)F)C3)c2Cl)cc1. The summed E-state index contributed by atoms with van der Waals surface area (Å²) in [5.41, 5.74) is 2.71. The number of rotatable bonds is 3. The monoisotopic (exact) mass is 399 g/mol. The molecule has 27 heavy (non-hydrogen) atoms. The number of benzene rings is 1. The molecule has 0 N–H and O–H groups in total. The molecule has 8 heteroatoms. The molecule has 0 spiro atoms. The molecule has 1 saturated heterocycles. The van der Waals surface area contributed by atoms with Crippen LogP contribution in [-0.2, 0) is 6.54 Å². The molecule has 1 aliphatic heterocycles. The smallest absolute Gasteiger partial charge is 0.338 e. The molecule has 3 rings (SSSR count). The van der Waals surface area contributed by atoms with Crippen molar-refractivity contribution in [3.05, 3.63) is 51.8 Å². The average molecular weight is 400 g/mol. The van der Waals surface area contributed by atoms with E-state index < -0.39 is 18.0 Å². The fourth-order valence-electron chi connectivity index (χ4n) is 3.35. The first kappa shape index (κ1) is 19.7. The maximum absolute atomic E-state index is 13.0. The third kappa shape index (κ3) is 4.29. The van der Waals surface area contributed by atoms with E-state index >= 15 is 0 Å². The first-order valence-electron chi connectivity index (χ1n) is 8.81. The second-order valence-corrected chi connectivity index (χ2v) is 7.38. The minimum atomic E-state index is -4.30. The molecule has 1 aliphatic rings. The van der Waals surface area contributed by atoms with Gasteiger partial charge in [0.25, 0.3) is 5.91 Å². The van der Waals surface area contributed by atoms with Crippen LogP contribution >= 0.6 is 11.6 Å². The highest BCUT2D eigenvalue weighted by atomic mass is 35.5. The molecule has 4 nitrogen and oxygen atoms in total. The Kier molecular flexibility index (Phi) is 5.51. The highest BCUT2D eigenvalue weighted by Crippen LogP contribution is 2.34. The molecule has 1 aromatic carbocycles. The number of aryl methyl sites for hydroxylation is 2. The van der Waals surface area contributed by atoms with Crippen molar-refractivity contribution >= 4 is 17.5 Å². The third-order valence-electron chi connectivity index (χ3n) is 4.90. The Bertz CT molecular complexity index is 830. The lowest BCUT2D eigenvalue weighted by Crippen LogP contribution is -2.44. The second kappa shape index (κ2) is 7.54. The van der Waals surface area contributed by atoms with Gasteiger partial charge in [0.2, 0.25) is 0 Å². The number of carbonyl (C=O) groups excluding carboxylic acids is 1. The molecule has 1 fully saturated rings. The minimum Gasteiger partial charge on any atom is -0.338 e. The van der Waals surface area contributed by atoms with Crippen LogP contribution < -0.4 is 0 Å². The second-order valence-electron chi connectivity index (χ2n) is 7.03. The molecule has 2 aromatic rings. The van der Waals surface area contributed by atoms with E-state index in [4.69, 9.17) is 11.6 Å². The number of alkyl halides is 3. The van der Waals surface area contributed by atoms with E-state index in [0.717, 1.165) is 11.1 Å². The van der Waals surface area contributed by atoms with E-state index in [-0.39, 0.29) is 23.7 Å². The van der Waals surface area contributed by atoms with Gasteiger partial charge in [-0.3, -0.25) is 4.79 Å². The molecule has 1 aromatic heterocycles. The van der Waals surface area contributed by atoms with Crippen LogP contribution in [0.1, 0.15) is 40.0 Å². The van der Waals surface area contributed by atoms with Gasteiger partial charge in [-0.2, -0.15) is 18.3 Å². The Labute approximate surface area is 160 Å². The highest BCUT2D eigenvalue weighted by Gasteiger charge is 2.43. The standard InChI is InChI=1S/C19H21ClF3N3O/c1-12-5-7-14(8-6-12)10-26-17(20)16(13(2)24-26)18(27)25-9-3-4-15(11-25)19(21,22)23/h5-8,15H,3-4,9-11H2,1-2H3. The Hall–Kier alpha value is -2.02. The zero-order valence-corrected chi connectivity index (χ0v) is 15.9. The van der Waals surface area contributed by atoms with Crippen LogP contribution in [0.15, 0.2) is 24.3 Å². The molecule has 2 heterocycles. The van der Waals surface area contributed by atoms with Crippen LogP contribution in [0, 0.1) is 19.8 Å². The Morgan fingerprint density at radius 3 is 2.56 bits per heavy atom. The van der Waals surface area contributed by atoms with E-state index in [1.54, 1.807) is 6.92 Å². The molecule has 0 aliphatic carbocycles. The Morgan fingerprint density at radius 1 is 1.26 bits per heavy atom. The number of hydrogen-bond donors (Lipinski definition) is 0. The number of halogens is 4. The molecular formula is C19H21ClF3N3O. The Balaban J connectivity index is 1.81. The summed E-state index contributed by atoms with van der Waals surface area (Å²) in [6.45, 7) is 3.98. The summed E-state index contributed by atoms with van der Waals surface area (Å²) in [5, 5.41) is 4.49. The number of piperidine rings is 1. The van der Waals surface area contributed by atoms with Crippen molar-refractivity contribution in [3.63, 3.8) is 0 Å². The van der Waals surface area contributed by atoms with Crippen LogP contribution in [0.25, 0.3) is 0 Å². The summed E-state index contributed by atoms with van der Waals surface area (Å²) in [6.07, 6.45) is -3.93. The summed E-state index contributed by atoms with van der Waals surface area (Å²) in [5.74, 6) is -1.97. The van der Waals surface area contributed by atoms with Crippen molar-refractivity contribution in [3.8, 4) is 0 Å². The third-order valence-corrected chi connectivity index (χ3v) is 5.29. The summed E-state index contributed by atoms with van der Waals surface area (Å²) >= 11 is 6.38. The molecule has 146 valence electrons. The summed E-state index contributed by atoms with van der Waals surface area (Å²) < 4.78 is 40.6. The first-order chi connectivity index (χ1) is 12.7. The van der Waals surface area contributed by atoms with Crippen molar-refractivity contribution in [1.29, 1.82) is 0 Å². The fraction of sp³-hybridized carbons (Fsp3) is 0.474. The van der Waals surface area contributed by atoms with E-state index in [1.165, 1.54) is 9.58 Å². The van der Waals surface area contributed by atoms with Crippen LogP contribution in [0.2, 0.25) is 5.15 Å². The molecular weight excluding hydrogens is 379 g/mol. The van der Waals surface area contributed by atoms with Crippen molar-refractivity contribution in [1.82, 2.24) is 14.7 Å². The normalized spacial score (nSPS) is 18.0. The maximum atomic E-state index is 13.0. The topological polar surface area (TPSA) is 38.1 Å². The fourth-order valence-corrected chi connectivity index (χ4v) is 3.67. The quantitative estimate of drug-likeness (QED) is 0.755. The molecule has 0 radical (unpaired) electrons. The molecule has 1 unspecified atom stereocenters. The largest absolute Gasteiger partial charge is 0.393 e. The van der Waals surface area contributed by atoms with Crippen molar-refractivity contribution in [2.45, 2.75) is 39.4 Å². The molecule has 0 bridgehead atoms. The average Bonchev–Trinajstić information content (AvgIpc) is 2.89. The van der Waals surface area contributed by atoms with Gasteiger partial charge in [-0.05, 0) is 32.3 Å². The lowest BCUT2D eigenvalue weighted by Gasteiger charge is -2.33. The van der Waals surface area contributed by atoms with E-state index in [2.05, 4.69) is 5.10 Å². The zero-order valence-electron chi connectivity index (χ0n) is 15.2. The molecule has 0 saturated carbocycles. The molecule has 1 amide bonds. The number of aromatic nitrogens is 2. The number of hydrogen-bond acceptors (Lipinski definition) is 2.